The second-order valence-corrected chi connectivity index (χ2v) is 0.854. The number of nitrogens with two attached hydrogens (primary N) is 2. The summed E-state index contributed by atoms with van der Waals surface area (Å²) >= 11 is 0. The number of nitrogens with one attached hydrogen (secondary N) is 1. The summed E-state index contributed by atoms with van der Waals surface area (Å²) in [6.45, 7) is 0. The van der Waals surface area contributed by atoms with E-state index < -0.39 is 12.1 Å². The molecule has 0 spiro atoms. The fraction of sp³-hybridized carbons (Fsp3) is 0. The maximum atomic E-state index is 9.62. The fourth-order valence-electron chi connectivity index (χ4n) is 0.121. The van der Waals surface area contributed by atoms with Crippen molar-refractivity contribution in [3.05, 3.63) is 0 Å². The maximum absolute atomic E-state index is 9.62. The summed E-state index contributed by atoms with van der Waals surface area (Å²) in [5, 5.41) is 1.58. The smallest absolute Gasteiger partial charge is 0.320 e. The van der Waals surface area contributed by atoms with Crippen molar-refractivity contribution in [2.24, 2.45) is 11.5 Å². The minimum atomic E-state index is -0.938. The van der Waals surface area contributed by atoms with E-state index in [0.29, 0.717) is 0 Å². The molecule has 0 atom stereocenters. The molecule has 4 amide bonds. The topological polar surface area (TPSA) is 98.2 Å². The molecule has 0 aliphatic carbocycles. The van der Waals surface area contributed by atoms with Crippen LogP contribution in [0.5, 0.6) is 0 Å². The number of rotatable bonds is 0. The summed E-state index contributed by atoms with van der Waals surface area (Å²) in [6, 6.07) is -1.88. The first-order valence-electron chi connectivity index (χ1n) is 1.49. The van der Waals surface area contributed by atoms with Crippen LogP contribution in [0.4, 0.5) is 14.3 Å². The molecule has 7 heteroatoms. The average Bonchev–Trinajstić information content (AvgIpc) is 1.27. The summed E-state index contributed by atoms with van der Waals surface area (Å²) < 4.78 is 0. The Morgan fingerprint density at radius 3 is 1.33 bits per heavy atom. The first-order valence-corrected chi connectivity index (χ1v) is 1.49. The van der Waals surface area contributed by atoms with Gasteiger partial charge < -0.3 is 11.5 Å². The van der Waals surface area contributed by atoms with Crippen LogP contribution >= 0.6 is 0 Å². The van der Waals surface area contributed by atoms with Gasteiger partial charge in [-0.15, -0.1) is 0 Å². The first-order chi connectivity index (χ1) is 3.13. The minimum Gasteiger partial charge on any atom is -0.351 e. The number of imide groups is 1. The van der Waals surface area contributed by atoms with Gasteiger partial charge in [-0.3, -0.25) is 10.0 Å². The van der Waals surface area contributed by atoms with Crippen molar-refractivity contribution >= 4 is 20.5 Å². The van der Waals surface area contributed by atoms with Crippen LogP contribution in [0.15, 0.2) is 0 Å². The second kappa shape index (κ2) is 6.73. The van der Waals surface area contributed by atoms with Gasteiger partial charge in [-0.05, 0) is 0 Å². The Bertz CT molecular complexity index is 96.0. The molecular formula is C2H6BFN3O2. The summed E-state index contributed by atoms with van der Waals surface area (Å²) in [7, 11) is 0. The quantitative estimate of drug-likeness (QED) is 0.351. The number of urea groups is 2. The molecule has 0 heterocycles. The summed E-state index contributed by atoms with van der Waals surface area (Å²) in [4.78, 5) is 19.2. The molecule has 0 saturated heterocycles. The van der Waals surface area contributed by atoms with Crippen LogP contribution in [0.2, 0.25) is 0 Å². The van der Waals surface area contributed by atoms with Gasteiger partial charge in [0.15, 0.2) is 0 Å². The highest BCUT2D eigenvalue weighted by atomic mass is 19.0. The van der Waals surface area contributed by atoms with Crippen LogP contribution in [0.25, 0.3) is 0 Å². The van der Waals surface area contributed by atoms with Crippen molar-refractivity contribution in [1.29, 1.82) is 0 Å². The van der Waals surface area contributed by atoms with Crippen LogP contribution in [0, 0.1) is 0 Å². The third-order valence-electron chi connectivity index (χ3n) is 0.246. The van der Waals surface area contributed by atoms with Gasteiger partial charge in [0.1, 0.15) is 0 Å². The standard InChI is InChI=1S/C2H5N3O2.B.FH/c3-1(6)5-2(4)7;;/h(H5,3,4,5,6,7);;1H. The monoisotopic (exact) mass is 134 g/mol. The zero-order valence-corrected chi connectivity index (χ0v) is 4.46. The van der Waals surface area contributed by atoms with Crippen molar-refractivity contribution in [3.8, 4) is 0 Å². The van der Waals surface area contributed by atoms with E-state index in [-0.39, 0.29) is 13.1 Å². The van der Waals surface area contributed by atoms with Gasteiger partial charge in [-0.2, -0.15) is 0 Å². The highest BCUT2D eigenvalue weighted by Crippen LogP contribution is 1.51. The zero-order chi connectivity index (χ0) is 5.86. The zero-order valence-electron chi connectivity index (χ0n) is 4.46. The lowest BCUT2D eigenvalue weighted by molar-refractivity contribution is 0.236. The van der Waals surface area contributed by atoms with Crippen molar-refractivity contribution in [2.45, 2.75) is 0 Å². The van der Waals surface area contributed by atoms with Crippen LogP contribution in [-0.2, 0) is 0 Å². The fourth-order valence-corrected chi connectivity index (χ4v) is 0.121. The molecule has 0 unspecified atom stereocenters. The first kappa shape index (κ1) is 15.6. The van der Waals surface area contributed by atoms with E-state index in [2.05, 4.69) is 11.5 Å². The summed E-state index contributed by atoms with van der Waals surface area (Å²) in [6.07, 6.45) is 0. The van der Waals surface area contributed by atoms with Crippen LogP contribution in [-0.4, -0.2) is 20.5 Å². The SMILES string of the molecule is F.NC(=O)NC(N)=O.[B]. The molecule has 0 saturated carbocycles. The Hall–Kier alpha value is -1.27. The predicted octanol–water partition coefficient (Wildman–Crippen LogP) is -1.49. The third-order valence-corrected chi connectivity index (χ3v) is 0.246. The van der Waals surface area contributed by atoms with Gasteiger partial charge in [-0.25, -0.2) is 9.59 Å². The molecule has 9 heavy (non-hydrogen) atoms. The lowest BCUT2D eigenvalue weighted by Crippen LogP contribution is -2.38. The number of carbonyl (C=O) groups excluding carboxylic acids is 2. The van der Waals surface area contributed by atoms with Gasteiger partial charge >= 0.3 is 12.1 Å². The highest BCUT2D eigenvalue weighted by Gasteiger charge is 1.92. The number of hydrogen-bond acceptors (Lipinski definition) is 2. The van der Waals surface area contributed by atoms with Crippen molar-refractivity contribution in [1.82, 2.24) is 5.32 Å². The second-order valence-electron chi connectivity index (χ2n) is 0.854. The Kier molecular flexibility index (Phi) is 11.7. The predicted molar refractivity (Wildman–Crippen MR) is 30.6 cm³/mol. The molecule has 3 radical (unpaired) electrons. The number of primary amides is 2. The van der Waals surface area contributed by atoms with Gasteiger partial charge in [0.2, 0.25) is 0 Å². The molecule has 0 aromatic heterocycles. The molecule has 0 aromatic carbocycles. The van der Waals surface area contributed by atoms with Gasteiger partial charge in [0.25, 0.3) is 0 Å². The van der Waals surface area contributed by atoms with Crippen molar-refractivity contribution in [3.63, 3.8) is 0 Å². The molecule has 0 rings (SSSR count). The summed E-state index contributed by atoms with van der Waals surface area (Å²) in [5.74, 6) is 0. The molecular weight excluding hydrogens is 128 g/mol. The number of halogens is 1. The molecule has 0 fully saturated rings. The molecule has 0 aliphatic heterocycles. The third kappa shape index (κ3) is 20.2. The van der Waals surface area contributed by atoms with E-state index in [1.54, 1.807) is 5.32 Å². The molecule has 51 valence electrons. The number of hydrogen-bond donors (Lipinski definition) is 3. The van der Waals surface area contributed by atoms with Crippen LogP contribution < -0.4 is 16.8 Å². The minimum absolute atomic E-state index is 0. The number of amides is 4. The Morgan fingerprint density at radius 1 is 1.11 bits per heavy atom. The van der Waals surface area contributed by atoms with E-state index in [1.165, 1.54) is 0 Å². The average molecular weight is 134 g/mol. The lowest BCUT2D eigenvalue weighted by Gasteiger charge is -1.88. The molecule has 5 nitrogen and oxygen atoms in total. The van der Waals surface area contributed by atoms with Gasteiger partial charge in [0.05, 0.1) is 0 Å². The van der Waals surface area contributed by atoms with Gasteiger partial charge in [0, 0.05) is 8.41 Å². The lowest BCUT2D eigenvalue weighted by atomic mass is 10.8. The Balaban J connectivity index is -0.000000180. The molecule has 0 aromatic rings. The van der Waals surface area contributed by atoms with Crippen molar-refractivity contribution in [2.75, 3.05) is 0 Å². The van der Waals surface area contributed by atoms with Crippen molar-refractivity contribution < 1.29 is 14.3 Å². The van der Waals surface area contributed by atoms with E-state index in [9.17, 15) is 9.59 Å². The van der Waals surface area contributed by atoms with E-state index >= 15 is 0 Å². The van der Waals surface area contributed by atoms with Crippen LogP contribution in [0.1, 0.15) is 0 Å². The Morgan fingerprint density at radius 2 is 1.33 bits per heavy atom. The molecule has 5 N–H and O–H groups in total. The highest BCUT2D eigenvalue weighted by molar-refractivity contribution is 5.91. The molecule has 0 aliphatic rings. The normalized spacial score (nSPS) is 5.78. The van der Waals surface area contributed by atoms with E-state index in [0.717, 1.165) is 0 Å². The van der Waals surface area contributed by atoms with E-state index in [4.69, 9.17) is 0 Å². The van der Waals surface area contributed by atoms with Gasteiger partial charge in [-0.1, -0.05) is 0 Å². The van der Waals surface area contributed by atoms with E-state index in [1.807, 2.05) is 0 Å². The van der Waals surface area contributed by atoms with Crippen LogP contribution in [0.3, 0.4) is 0 Å². The number of carbonyl (C=O) groups is 2. The maximum Gasteiger partial charge on any atom is 0.320 e. The molecule has 0 bridgehead atoms. The summed E-state index contributed by atoms with van der Waals surface area (Å²) in [5.41, 5.74) is 8.88. The largest absolute Gasteiger partial charge is 0.351 e. The Labute approximate surface area is 52.7 Å².